The van der Waals surface area contributed by atoms with Gasteiger partial charge in [0.25, 0.3) is 5.89 Å². The Morgan fingerprint density at radius 3 is 2.62 bits per heavy atom. The Bertz CT molecular complexity index is 797. The molecule has 2 aromatic heterocycles. The molecule has 1 aliphatic heterocycles. The Morgan fingerprint density at radius 1 is 1.04 bits per heavy atom. The summed E-state index contributed by atoms with van der Waals surface area (Å²) in [7, 11) is 0. The van der Waals surface area contributed by atoms with Gasteiger partial charge in [0.1, 0.15) is 5.82 Å². The summed E-state index contributed by atoms with van der Waals surface area (Å²) in [6.07, 6.45) is 0. The number of piperazine rings is 1. The molecule has 124 valence electrons. The maximum Gasteiger partial charge on any atom is 0.257 e. The Morgan fingerprint density at radius 2 is 1.88 bits per heavy atom. The van der Waals surface area contributed by atoms with Crippen LogP contribution in [-0.2, 0) is 6.54 Å². The van der Waals surface area contributed by atoms with Gasteiger partial charge in [0.2, 0.25) is 5.89 Å². The molecule has 0 atom stereocenters. The fourth-order valence-electron chi connectivity index (χ4n) is 2.86. The first-order valence-corrected chi connectivity index (χ1v) is 8.75. The minimum atomic E-state index is -0.163. The molecule has 0 bridgehead atoms. The molecule has 24 heavy (non-hydrogen) atoms. The molecule has 5 nitrogen and oxygen atoms in total. The second-order valence-electron chi connectivity index (χ2n) is 5.69. The number of hydrogen-bond acceptors (Lipinski definition) is 6. The summed E-state index contributed by atoms with van der Waals surface area (Å²) < 4.78 is 19.6. The molecule has 7 heteroatoms. The summed E-state index contributed by atoms with van der Waals surface area (Å²) in [6.45, 7) is 3.87. The van der Waals surface area contributed by atoms with Crippen molar-refractivity contribution in [2.75, 3.05) is 31.1 Å². The summed E-state index contributed by atoms with van der Waals surface area (Å²) in [5, 5.41) is 10.2. The van der Waals surface area contributed by atoms with Crippen molar-refractivity contribution in [1.29, 1.82) is 0 Å². The predicted octanol–water partition coefficient (Wildman–Crippen LogP) is 3.26. The van der Waals surface area contributed by atoms with E-state index in [1.807, 2.05) is 29.6 Å². The van der Waals surface area contributed by atoms with Crippen LogP contribution < -0.4 is 4.90 Å². The second kappa shape index (κ2) is 6.70. The van der Waals surface area contributed by atoms with Gasteiger partial charge in [-0.15, -0.1) is 21.5 Å². The van der Waals surface area contributed by atoms with E-state index < -0.39 is 0 Å². The molecule has 1 fully saturated rings. The van der Waals surface area contributed by atoms with Crippen LogP contribution in [0.2, 0.25) is 0 Å². The fraction of sp³-hybridized carbons (Fsp3) is 0.294. The van der Waals surface area contributed by atoms with Crippen molar-refractivity contribution in [3.63, 3.8) is 0 Å². The van der Waals surface area contributed by atoms with Gasteiger partial charge in [-0.05, 0) is 23.6 Å². The number of para-hydroxylation sites is 1. The third-order valence-electron chi connectivity index (χ3n) is 4.12. The first kappa shape index (κ1) is 15.3. The maximum absolute atomic E-state index is 13.9. The molecule has 0 radical (unpaired) electrons. The van der Waals surface area contributed by atoms with Gasteiger partial charge in [0.05, 0.1) is 17.1 Å². The lowest BCUT2D eigenvalue weighted by atomic mass is 10.2. The normalized spacial score (nSPS) is 15.8. The van der Waals surface area contributed by atoms with Crippen molar-refractivity contribution in [2.24, 2.45) is 0 Å². The van der Waals surface area contributed by atoms with Gasteiger partial charge in [-0.3, -0.25) is 4.90 Å². The Balaban J connectivity index is 1.36. The van der Waals surface area contributed by atoms with E-state index in [1.54, 1.807) is 17.4 Å². The molecule has 0 aliphatic carbocycles. The van der Waals surface area contributed by atoms with Gasteiger partial charge in [0, 0.05) is 26.2 Å². The summed E-state index contributed by atoms with van der Waals surface area (Å²) in [6, 6.07) is 10.9. The van der Waals surface area contributed by atoms with Crippen LogP contribution in [-0.4, -0.2) is 41.3 Å². The van der Waals surface area contributed by atoms with E-state index in [0.29, 0.717) is 24.0 Å². The van der Waals surface area contributed by atoms with Gasteiger partial charge in [0.15, 0.2) is 0 Å². The Labute approximate surface area is 143 Å². The highest BCUT2D eigenvalue weighted by molar-refractivity contribution is 7.13. The van der Waals surface area contributed by atoms with Crippen molar-refractivity contribution in [2.45, 2.75) is 6.54 Å². The van der Waals surface area contributed by atoms with Crippen LogP contribution >= 0.6 is 11.3 Å². The summed E-state index contributed by atoms with van der Waals surface area (Å²) in [4.78, 5) is 5.32. The molecule has 0 unspecified atom stereocenters. The summed E-state index contributed by atoms with van der Waals surface area (Å²) in [5.41, 5.74) is 0.676. The number of rotatable bonds is 4. The van der Waals surface area contributed by atoms with Crippen molar-refractivity contribution in [1.82, 2.24) is 15.1 Å². The van der Waals surface area contributed by atoms with Gasteiger partial charge in [-0.2, -0.15) is 0 Å². The molecule has 3 heterocycles. The molecule has 1 aliphatic rings. The van der Waals surface area contributed by atoms with Crippen LogP contribution in [0.15, 0.2) is 46.2 Å². The molecule has 0 N–H and O–H groups in total. The first-order chi connectivity index (χ1) is 11.8. The maximum atomic E-state index is 13.9. The van der Waals surface area contributed by atoms with Gasteiger partial charge >= 0.3 is 0 Å². The molecule has 4 rings (SSSR count). The average Bonchev–Trinajstić information content (AvgIpc) is 3.27. The number of nitrogens with zero attached hydrogens (tertiary/aromatic N) is 4. The summed E-state index contributed by atoms with van der Waals surface area (Å²) >= 11 is 1.58. The van der Waals surface area contributed by atoms with Gasteiger partial charge in [-0.25, -0.2) is 4.39 Å². The lowest BCUT2D eigenvalue weighted by Gasteiger charge is -2.35. The van der Waals surface area contributed by atoms with Crippen molar-refractivity contribution in [3.8, 4) is 10.8 Å². The van der Waals surface area contributed by atoms with Crippen LogP contribution in [0, 0.1) is 5.82 Å². The van der Waals surface area contributed by atoms with Gasteiger partial charge in [-0.1, -0.05) is 18.2 Å². The number of anilines is 1. The molecular weight excluding hydrogens is 327 g/mol. The number of hydrogen-bond donors (Lipinski definition) is 0. The highest BCUT2D eigenvalue weighted by atomic mass is 32.1. The lowest BCUT2D eigenvalue weighted by molar-refractivity contribution is 0.226. The highest BCUT2D eigenvalue weighted by Crippen LogP contribution is 2.24. The fourth-order valence-corrected chi connectivity index (χ4v) is 3.51. The zero-order chi connectivity index (χ0) is 16.4. The lowest BCUT2D eigenvalue weighted by Crippen LogP contribution is -2.46. The Kier molecular flexibility index (Phi) is 4.27. The van der Waals surface area contributed by atoms with E-state index in [2.05, 4.69) is 20.0 Å². The van der Waals surface area contributed by atoms with Crippen molar-refractivity contribution in [3.05, 3.63) is 53.5 Å². The minimum absolute atomic E-state index is 0.163. The largest absolute Gasteiger partial charge is 0.419 e. The Hall–Kier alpha value is -2.25. The van der Waals surface area contributed by atoms with E-state index in [9.17, 15) is 4.39 Å². The van der Waals surface area contributed by atoms with E-state index >= 15 is 0 Å². The van der Waals surface area contributed by atoms with Crippen molar-refractivity contribution < 1.29 is 8.81 Å². The molecular formula is C17H17FN4OS. The zero-order valence-corrected chi connectivity index (χ0v) is 13.9. The standard InChI is InChI=1S/C17H17FN4OS/c18-13-4-1-2-5-14(13)22-9-7-21(8-10-22)12-16-19-20-17(23-16)15-6-3-11-24-15/h1-6,11H,7-10,12H2. The second-order valence-corrected chi connectivity index (χ2v) is 6.64. The predicted molar refractivity (Wildman–Crippen MR) is 91.5 cm³/mol. The average molecular weight is 344 g/mol. The van der Waals surface area contributed by atoms with Crippen LogP contribution in [0.3, 0.4) is 0 Å². The van der Waals surface area contributed by atoms with Crippen LogP contribution in [0.25, 0.3) is 10.8 Å². The molecule has 0 saturated carbocycles. The highest BCUT2D eigenvalue weighted by Gasteiger charge is 2.21. The number of thiophene rings is 1. The van der Waals surface area contributed by atoms with Gasteiger partial charge < -0.3 is 9.32 Å². The van der Waals surface area contributed by atoms with Crippen LogP contribution in [0.4, 0.5) is 10.1 Å². The summed E-state index contributed by atoms with van der Waals surface area (Å²) in [5.74, 6) is 1.03. The van der Waals surface area contributed by atoms with E-state index in [4.69, 9.17) is 4.42 Å². The van der Waals surface area contributed by atoms with Crippen molar-refractivity contribution >= 4 is 17.0 Å². The third kappa shape index (κ3) is 3.18. The molecule has 3 aromatic rings. The van der Waals surface area contributed by atoms with E-state index in [-0.39, 0.29) is 5.82 Å². The monoisotopic (exact) mass is 344 g/mol. The number of halogens is 1. The smallest absolute Gasteiger partial charge is 0.257 e. The number of benzene rings is 1. The molecule has 1 aromatic carbocycles. The molecule has 0 amide bonds. The zero-order valence-electron chi connectivity index (χ0n) is 13.1. The first-order valence-electron chi connectivity index (χ1n) is 7.88. The van der Waals surface area contributed by atoms with E-state index in [0.717, 1.165) is 31.1 Å². The topological polar surface area (TPSA) is 45.4 Å². The third-order valence-corrected chi connectivity index (χ3v) is 4.98. The van der Waals surface area contributed by atoms with Crippen LogP contribution in [0.1, 0.15) is 5.89 Å². The SMILES string of the molecule is Fc1ccccc1N1CCN(Cc2nnc(-c3cccs3)o2)CC1. The number of aromatic nitrogens is 2. The molecule has 1 saturated heterocycles. The quantitative estimate of drug-likeness (QED) is 0.727. The molecule has 0 spiro atoms. The van der Waals surface area contributed by atoms with Crippen LogP contribution in [0.5, 0.6) is 0 Å². The minimum Gasteiger partial charge on any atom is -0.419 e. The van der Waals surface area contributed by atoms with E-state index in [1.165, 1.54) is 6.07 Å².